The van der Waals surface area contributed by atoms with E-state index in [9.17, 15) is 4.79 Å². The Morgan fingerprint density at radius 3 is 2.53 bits per heavy atom. The summed E-state index contributed by atoms with van der Waals surface area (Å²) >= 11 is 1.52. The quantitative estimate of drug-likeness (QED) is 0.485. The van der Waals surface area contributed by atoms with Gasteiger partial charge < -0.3 is 14.4 Å². The Bertz CT molecular complexity index is 969. The lowest BCUT2D eigenvalue weighted by atomic mass is 10.1. The zero-order valence-electron chi connectivity index (χ0n) is 18.1. The molecule has 1 amide bonds. The fraction of sp³-hybridized carbons (Fsp3) is 0.391. The fourth-order valence-electron chi connectivity index (χ4n) is 3.20. The molecule has 0 fully saturated rings. The first kappa shape index (κ1) is 22.1. The Labute approximate surface area is 182 Å². The van der Waals surface area contributed by atoms with Gasteiger partial charge in [0.1, 0.15) is 17.0 Å². The number of rotatable bonds is 10. The molecule has 0 aliphatic heterocycles. The molecule has 3 rings (SSSR count). The first-order valence-corrected chi connectivity index (χ1v) is 10.9. The molecule has 2 aromatic carbocycles. The summed E-state index contributed by atoms with van der Waals surface area (Å²) in [7, 11) is 5.71. The molecule has 30 heavy (non-hydrogen) atoms. The van der Waals surface area contributed by atoms with E-state index in [0.29, 0.717) is 24.7 Å². The van der Waals surface area contributed by atoms with Gasteiger partial charge in [0.05, 0.1) is 24.8 Å². The highest BCUT2D eigenvalue weighted by molar-refractivity contribution is 7.22. The van der Waals surface area contributed by atoms with Gasteiger partial charge in [-0.15, -0.1) is 0 Å². The SMILES string of the molecule is CCOc1ccc(CC(=O)N(CCCN(C)C)c2nc3c(OC)cccc3s2)cc1. The highest BCUT2D eigenvalue weighted by atomic mass is 32.1. The molecular weight excluding hydrogens is 398 g/mol. The number of nitrogens with zero attached hydrogens (tertiary/aromatic N) is 3. The zero-order valence-corrected chi connectivity index (χ0v) is 18.9. The summed E-state index contributed by atoms with van der Waals surface area (Å²) in [5, 5.41) is 0.712. The van der Waals surface area contributed by atoms with Crippen molar-refractivity contribution in [1.82, 2.24) is 9.88 Å². The van der Waals surface area contributed by atoms with Crippen LogP contribution in [0.3, 0.4) is 0 Å². The van der Waals surface area contributed by atoms with Gasteiger partial charge in [-0.2, -0.15) is 0 Å². The van der Waals surface area contributed by atoms with E-state index in [2.05, 4.69) is 4.90 Å². The van der Waals surface area contributed by atoms with Gasteiger partial charge in [0.15, 0.2) is 5.13 Å². The third-order valence-corrected chi connectivity index (χ3v) is 5.74. The molecule has 0 bridgehead atoms. The van der Waals surface area contributed by atoms with Crippen LogP contribution in [-0.2, 0) is 11.2 Å². The molecule has 0 saturated carbocycles. The van der Waals surface area contributed by atoms with E-state index < -0.39 is 0 Å². The van der Waals surface area contributed by atoms with Gasteiger partial charge in [-0.25, -0.2) is 4.98 Å². The number of hydrogen-bond acceptors (Lipinski definition) is 6. The Morgan fingerprint density at radius 1 is 1.10 bits per heavy atom. The minimum absolute atomic E-state index is 0.0379. The van der Waals surface area contributed by atoms with Gasteiger partial charge in [-0.3, -0.25) is 9.69 Å². The van der Waals surface area contributed by atoms with E-state index in [4.69, 9.17) is 14.5 Å². The molecule has 0 N–H and O–H groups in total. The molecule has 6 nitrogen and oxygen atoms in total. The maximum atomic E-state index is 13.2. The minimum atomic E-state index is 0.0379. The molecule has 1 aromatic heterocycles. The number of carbonyl (C=O) groups excluding carboxylic acids is 1. The predicted octanol–water partition coefficient (Wildman–Crippen LogP) is 4.23. The van der Waals surface area contributed by atoms with Crippen LogP contribution in [0.25, 0.3) is 10.2 Å². The van der Waals surface area contributed by atoms with Crippen LogP contribution in [0.15, 0.2) is 42.5 Å². The smallest absolute Gasteiger partial charge is 0.233 e. The molecule has 160 valence electrons. The largest absolute Gasteiger partial charge is 0.494 e. The summed E-state index contributed by atoms with van der Waals surface area (Å²) < 4.78 is 11.9. The van der Waals surface area contributed by atoms with Crippen LogP contribution in [0.1, 0.15) is 18.9 Å². The lowest BCUT2D eigenvalue weighted by Gasteiger charge is -2.21. The molecule has 7 heteroatoms. The molecule has 0 aliphatic rings. The number of carbonyl (C=O) groups is 1. The number of hydrogen-bond donors (Lipinski definition) is 0. The van der Waals surface area contributed by atoms with Gasteiger partial charge in [-0.1, -0.05) is 29.5 Å². The monoisotopic (exact) mass is 427 g/mol. The first-order valence-electron chi connectivity index (χ1n) is 10.1. The van der Waals surface area contributed by atoms with Crippen molar-refractivity contribution >= 4 is 32.6 Å². The van der Waals surface area contributed by atoms with E-state index in [1.807, 2.05) is 68.4 Å². The van der Waals surface area contributed by atoms with Crippen LogP contribution in [-0.4, -0.2) is 56.7 Å². The highest BCUT2D eigenvalue weighted by Crippen LogP contribution is 2.34. The Morgan fingerprint density at radius 2 is 1.87 bits per heavy atom. The Kier molecular flexibility index (Phi) is 7.65. The average Bonchev–Trinajstić information content (AvgIpc) is 3.16. The molecule has 0 aliphatic carbocycles. The van der Waals surface area contributed by atoms with Crippen LogP contribution in [0.5, 0.6) is 11.5 Å². The van der Waals surface area contributed by atoms with Crippen LogP contribution >= 0.6 is 11.3 Å². The summed E-state index contributed by atoms with van der Waals surface area (Å²) in [5.41, 5.74) is 1.76. The van der Waals surface area contributed by atoms with Gasteiger partial charge in [-0.05, 0) is 63.8 Å². The highest BCUT2D eigenvalue weighted by Gasteiger charge is 2.21. The summed E-state index contributed by atoms with van der Waals surface area (Å²) in [6.07, 6.45) is 1.19. The minimum Gasteiger partial charge on any atom is -0.494 e. The maximum absolute atomic E-state index is 13.2. The van der Waals surface area contributed by atoms with Crippen LogP contribution < -0.4 is 14.4 Å². The number of methoxy groups -OCH3 is 1. The van der Waals surface area contributed by atoms with Crippen molar-refractivity contribution in [3.63, 3.8) is 0 Å². The summed E-state index contributed by atoms with van der Waals surface area (Å²) in [5.74, 6) is 1.58. The first-order chi connectivity index (χ1) is 14.5. The molecule has 1 heterocycles. The van der Waals surface area contributed by atoms with Gasteiger partial charge >= 0.3 is 0 Å². The molecule has 3 aromatic rings. The van der Waals surface area contributed by atoms with Crippen molar-refractivity contribution in [3.8, 4) is 11.5 Å². The van der Waals surface area contributed by atoms with Gasteiger partial charge in [0.2, 0.25) is 5.91 Å². The predicted molar refractivity (Wildman–Crippen MR) is 123 cm³/mol. The van der Waals surface area contributed by atoms with Crippen molar-refractivity contribution in [2.45, 2.75) is 19.8 Å². The number of benzene rings is 2. The van der Waals surface area contributed by atoms with Crippen molar-refractivity contribution in [3.05, 3.63) is 48.0 Å². The summed E-state index contributed by atoms with van der Waals surface area (Å²) in [6.45, 7) is 4.10. The molecule has 0 spiro atoms. The average molecular weight is 428 g/mol. The van der Waals surface area contributed by atoms with Crippen molar-refractivity contribution in [2.24, 2.45) is 0 Å². The number of ether oxygens (including phenoxy) is 2. The third-order valence-electron chi connectivity index (χ3n) is 4.70. The molecule has 0 radical (unpaired) electrons. The summed E-state index contributed by atoms with van der Waals surface area (Å²) in [4.78, 5) is 21.9. The van der Waals surface area contributed by atoms with Crippen LogP contribution in [0.2, 0.25) is 0 Å². The second-order valence-electron chi connectivity index (χ2n) is 7.26. The Balaban J connectivity index is 1.83. The zero-order chi connectivity index (χ0) is 21.5. The number of thiazole rings is 1. The second-order valence-corrected chi connectivity index (χ2v) is 8.27. The summed E-state index contributed by atoms with van der Waals surface area (Å²) in [6, 6.07) is 13.6. The molecule has 0 unspecified atom stereocenters. The maximum Gasteiger partial charge on any atom is 0.233 e. The number of aromatic nitrogens is 1. The van der Waals surface area contributed by atoms with Gasteiger partial charge in [0, 0.05) is 6.54 Å². The molecule has 0 atom stereocenters. The van der Waals surface area contributed by atoms with Crippen molar-refractivity contribution in [2.75, 3.05) is 45.8 Å². The third kappa shape index (κ3) is 5.49. The van der Waals surface area contributed by atoms with E-state index in [-0.39, 0.29) is 5.91 Å². The standard InChI is InChI=1S/C23H29N3O3S/c1-5-29-18-12-10-17(11-13-18)16-21(27)26(15-7-14-25(2)3)23-24-22-19(28-4)8-6-9-20(22)30-23/h6,8-13H,5,7,14-16H2,1-4H3. The number of amides is 1. The van der Waals surface area contributed by atoms with E-state index in [1.165, 1.54) is 11.3 Å². The van der Waals surface area contributed by atoms with Crippen molar-refractivity contribution < 1.29 is 14.3 Å². The van der Waals surface area contributed by atoms with Gasteiger partial charge in [0.25, 0.3) is 0 Å². The molecule has 0 saturated heterocycles. The van der Waals surface area contributed by atoms with Crippen LogP contribution in [0.4, 0.5) is 5.13 Å². The van der Waals surface area contributed by atoms with E-state index >= 15 is 0 Å². The normalized spacial score (nSPS) is 11.1. The Hall–Kier alpha value is -2.64. The lowest BCUT2D eigenvalue weighted by molar-refractivity contribution is -0.118. The lowest BCUT2D eigenvalue weighted by Crippen LogP contribution is -2.34. The number of para-hydroxylation sites is 1. The van der Waals surface area contributed by atoms with Crippen LogP contribution in [0, 0.1) is 0 Å². The van der Waals surface area contributed by atoms with E-state index in [0.717, 1.165) is 40.2 Å². The molecular formula is C23H29N3O3S. The topological polar surface area (TPSA) is 54.9 Å². The number of anilines is 1. The number of fused-ring (bicyclic) bond motifs is 1. The van der Waals surface area contributed by atoms with Crippen molar-refractivity contribution in [1.29, 1.82) is 0 Å². The fourth-order valence-corrected chi connectivity index (χ4v) is 4.23. The second kappa shape index (κ2) is 10.4. The van der Waals surface area contributed by atoms with E-state index in [1.54, 1.807) is 7.11 Å².